The molecule has 72 valence electrons. The molecule has 0 spiro atoms. The standard InChI is InChI=1S/C8H9Cl2NOS/c1-11-13(2,12)6-3-4-7(9)8(10)5-6/h3-5H,1-2H3/t13-/m1/s1. The summed E-state index contributed by atoms with van der Waals surface area (Å²) < 4.78 is 15.5. The van der Waals surface area contributed by atoms with Crippen LogP contribution in [0.3, 0.4) is 0 Å². The molecule has 0 aliphatic heterocycles. The first kappa shape index (κ1) is 10.8. The van der Waals surface area contributed by atoms with E-state index < -0.39 is 9.73 Å². The Balaban J connectivity index is 3.36. The van der Waals surface area contributed by atoms with Crippen LogP contribution in [-0.2, 0) is 9.73 Å². The van der Waals surface area contributed by atoms with E-state index in [4.69, 9.17) is 23.2 Å². The van der Waals surface area contributed by atoms with Crippen LogP contribution in [-0.4, -0.2) is 17.5 Å². The molecule has 0 aromatic heterocycles. The average molecular weight is 238 g/mol. The summed E-state index contributed by atoms with van der Waals surface area (Å²) in [6, 6.07) is 4.87. The van der Waals surface area contributed by atoms with Gasteiger partial charge in [0.1, 0.15) is 0 Å². The molecule has 0 unspecified atom stereocenters. The highest BCUT2D eigenvalue weighted by Gasteiger charge is 2.06. The van der Waals surface area contributed by atoms with E-state index in [1.807, 2.05) is 0 Å². The second kappa shape index (κ2) is 3.86. The molecule has 1 rings (SSSR count). The summed E-state index contributed by atoms with van der Waals surface area (Å²) in [5.74, 6) is 0. The molecule has 0 amide bonds. The maximum Gasteiger partial charge on any atom is 0.0720 e. The largest absolute Gasteiger partial charge is 0.245 e. The third-order valence-electron chi connectivity index (χ3n) is 1.68. The predicted octanol–water partition coefficient (Wildman–Crippen LogP) is 3.08. The van der Waals surface area contributed by atoms with Gasteiger partial charge in [0.2, 0.25) is 0 Å². The van der Waals surface area contributed by atoms with E-state index in [9.17, 15) is 4.21 Å². The predicted molar refractivity (Wildman–Crippen MR) is 57.1 cm³/mol. The zero-order valence-electron chi connectivity index (χ0n) is 7.25. The minimum Gasteiger partial charge on any atom is -0.245 e. The minimum atomic E-state index is -2.31. The first-order valence-corrected chi connectivity index (χ1v) is 6.20. The number of hydrogen-bond donors (Lipinski definition) is 0. The van der Waals surface area contributed by atoms with Crippen LogP contribution in [0.2, 0.25) is 10.0 Å². The molecule has 0 N–H and O–H groups in total. The molecule has 0 aliphatic rings. The molecule has 13 heavy (non-hydrogen) atoms. The summed E-state index contributed by atoms with van der Waals surface area (Å²) in [5.41, 5.74) is 0. The third kappa shape index (κ3) is 2.36. The molecule has 0 radical (unpaired) electrons. The number of benzene rings is 1. The van der Waals surface area contributed by atoms with Gasteiger partial charge in [-0.15, -0.1) is 0 Å². The van der Waals surface area contributed by atoms with E-state index in [1.54, 1.807) is 24.5 Å². The summed E-state index contributed by atoms with van der Waals surface area (Å²) >= 11 is 11.5. The first-order valence-electron chi connectivity index (χ1n) is 3.52. The molecule has 0 saturated carbocycles. The van der Waals surface area contributed by atoms with E-state index in [-0.39, 0.29) is 0 Å². The molecule has 1 atom stereocenters. The summed E-state index contributed by atoms with van der Waals surface area (Å²) in [4.78, 5) is 0.601. The number of halogens is 2. The summed E-state index contributed by atoms with van der Waals surface area (Å²) in [7, 11) is -0.787. The number of nitrogens with zero attached hydrogens (tertiary/aromatic N) is 1. The van der Waals surface area contributed by atoms with E-state index in [1.165, 1.54) is 7.05 Å². The monoisotopic (exact) mass is 237 g/mol. The van der Waals surface area contributed by atoms with Crippen molar-refractivity contribution in [2.75, 3.05) is 13.3 Å². The Hall–Kier alpha value is -0.250. The van der Waals surface area contributed by atoms with Gasteiger partial charge in [0, 0.05) is 18.2 Å². The highest BCUT2D eigenvalue weighted by molar-refractivity contribution is 7.93. The molecule has 2 nitrogen and oxygen atoms in total. The molecule has 0 heterocycles. The second-order valence-electron chi connectivity index (χ2n) is 2.56. The van der Waals surface area contributed by atoms with Gasteiger partial charge in [-0.2, -0.15) is 0 Å². The molecular weight excluding hydrogens is 229 g/mol. The van der Waals surface area contributed by atoms with Crippen molar-refractivity contribution in [2.45, 2.75) is 4.90 Å². The quantitative estimate of drug-likeness (QED) is 0.739. The molecule has 0 saturated heterocycles. The van der Waals surface area contributed by atoms with Gasteiger partial charge in [-0.05, 0) is 18.2 Å². The lowest BCUT2D eigenvalue weighted by Gasteiger charge is -2.03. The number of rotatable bonds is 1. The van der Waals surface area contributed by atoms with Crippen molar-refractivity contribution in [1.29, 1.82) is 0 Å². The molecular formula is C8H9Cl2NOS. The first-order chi connectivity index (χ1) is 5.97. The maximum atomic E-state index is 11.8. The van der Waals surface area contributed by atoms with Crippen LogP contribution >= 0.6 is 23.2 Å². The van der Waals surface area contributed by atoms with Gasteiger partial charge < -0.3 is 0 Å². The third-order valence-corrected chi connectivity index (χ3v) is 4.24. The summed E-state index contributed by atoms with van der Waals surface area (Å²) in [6.45, 7) is 0. The van der Waals surface area contributed by atoms with Crippen molar-refractivity contribution in [3.8, 4) is 0 Å². The van der Waals surface area contributed by atoms with Crippen LogP contribution in [0.4, 0.5) is 0 Å². The van der Waals surface area contributed by atoms with Crippen LogP contribution in [0.25, 0.3) is 0 Å². The summed E-state index contributed by atoms with van der Waals surface area (Å²) in [5, 5.41) is 0.856. The van der Waals surface area contributed by atoms with Crippen LogP contribution < -0.4 is 0 Å². The molecule has 1 aromatic rings. The zero-order valence-corrected chi connectivity index (χ0v) is 9.58. The fraction of sp³-hybridized carbons (Fsp3) is 0.250. The Bertz CT molecular complexity index is 436. The Morgan fingerprint density at radius 2 is 1.92 bits per heavy atom. The zero-order chi connectivity index (χ0) is 10.1. The molecule has 1 aromatic carbocycles. The van der Waals surface area contributed by atoms with Crippen molar-refractivity contribution in [3.05, 3.63) is 28.2 Å². The second-order valence-corrected chi connectivity index (χ2v) is 5.82. The highest BCUT2D eigenvalue weighted by atomic mass is 35.5. The van der Waals surface area contributed by atoms with E-state index in [2.05, 4.69) is 4.36 Å². The smallest absolute Gasteiger partial charge is 0.0720 e. The van der Waals surface area contributed by atoms with Gasteiger partial charge in [0.05, 0.1) is 19.8 Å². The van der Waals surface area contributed by atoms with Crippen molar-refractivity contribution in [3.63, 3.8) is 0 Å². The molecule has 5 heteroatoms. The van der Waals surface area contributed by atoms with Gasteiger partial charge >= 0.3 is 0 Å². The van der Waals surface area contributed by atoms with Crippen molar-refractivity contribution in [2.24, 2.45) is 4.36 Å². The lowest BCUT2D eigenvalue weighted by molar-refractivity contribution is 0.680. The minimum absolute atomic E-state index is 0.400. The number of hydrogen-bond acceptors (Lipinski definition) is 2. The molecule has 0 aliphatic carbocycles. The van der Waals surface area contributed by atoms with E-state index >= 15 is 0 Å². The van der Waals surface area contributed by atoms with Crippen LogP contribution in [0.15, 0.2) is 27.5 Å². The summed E-state index contributed by atoms with van der Waals surface area (Å²) in [6.07, 6.45) is 1.56. The van der Waals surface area contributed by atoms with Gasteiger partial charge in [0.25, 0.3) is 0 Å². The Morgan fingerprint density at radius 1 is 1.31 bits per heavy atom. The Labute approximate surface area is 88.0 Å². The average Bonchev–Trinajstić information content (AvgIpc) is 2.09. The van der Waals surface area contributed by atoms with Crippen molar-refractivity contribution in [1.82, 2.24) is 0 Å². The lowest BCUT2D eigenvalue weighted by atomic mass is 10.4. The van der Waals surface area contributed by atoms with Crippen LogP contribution in [0, 0.1) is 0 Å². The molecule has 0 fully saturated rings. The highest BCUT2D eigenvalue weighted by Crippen LogP contribution is 2.25. The SMILES string of the molecule is CN=[S@](C)(=O)c1ccc(Cl)c(Cl)c1. The van der Waals surface area contributed by atoms with Gasteiger partial charge in [-0.1, -0.05) is 23.2 Å². The van der Waals surface area contributed by atoms with E-state index in [0.717, 1.165) is 0 Å². The van der Waals surface area contributed by atoms with Gasteiger partial charge in [0.15, 0.2) is 0 Å². The fourth-order valence-electron chi connectivity index (χ4n) is 0.818. The van der Waals surface area contributed by atoms with Crippen LogP contribution in [0.5, 0.6) is 0 Å². The van der Waals surface area contributed by atoms with Crippen LogP contribution in [0.1, 0.15) is 0 Å². The van der Waals surface area contributed by atoms with Gasteiger partial charge in [-0.3, -0.25) is 0 Å². The topological polar surface area (TPSA) is 29.4 Å². The van der Waals surface area contributed by atoms with E-state index in [0.29, 0.717) is 14.9 Å². The lowest BCUT2D eigenvalue weighted by Crippen LogP contribution is -1.96. The van der Waals surface area contributed by atoms with Crippen molar-refractivity contribution < 1.29 is 4.21 Å². The molecule has 0 bridgehead atoms. The Kier molecular flexibility index (Phi) is 3.22. The van der Waals surface area contributed by atoms with Gasteiger partial charge in [-0.25, -0.2) is 8.57 Å². The Morgan fingerprint density at radius 3 is 2.38 bits per heavy atom. The normalized spacial score (nSPS) is 15.1. The fourth-order valence-corrected chi connectivity index (χ4v) is 2.05. The van der Waals surface area contributed by atoms with Crippen molar-refractivity contribution >= 4 is 32.9 Å². The maximum absolute atomic E-state index is 11.8.